The molecule has 0 bridgehead atoms. The van der Waals surface area contributed by atoms with E-state index in [-0.39, 0.29) is 10.9 Å². The predicted molar refractivity (Wildman–Crippen MR) is 77.7 cm³/mol. The summed E-state index contributed by atoms with van der Waals surface area (Å²) >= 11 is 0. The number of rotatable bonds is 6. The molecule has 114 valence electrons. The minimum Gasteiger partial charge on any atom is -0.330 e. The molecule has 0 amide bonds. The van der Waals surface area contributed by atoms with E-state index >= 15 is 0 Å². The minimum atomic E-state index is -3.42. The Morgan fingerprint density at radius 2 is 2.10 bits per heavy atom. The van der Waals surface area contributed by atoms with E-state index in [1.54, 1.807) is 17.9 Å². The lowest BCUT2D eigenvalue weighted by Gasteiger charge is -2.29. The standard InChI is InChI=1S/C13H24N4O2S/c1-16(12-6-3-2-4-7-12)20(18,19)13-10-15-17(11-13)9-5-8-14/h10-12H,2-9,14H2,1H3. The first kappa shape index (κ1) is 15.5. The van der Waals surface area contributed by atoms with Gasteiger partial charge in [-0.05, 0) is 25.8 Å². The number of nitrogens with zero attached hydrogens (tertiary/aromatic N) is 3. The van der Waals surface area contributed by atoms with Gasteiger partial charge in [-0.1, -0.05) is 19.3 Å². The Morgan fingerprint density at radius 3 is 2.75 bits per heavy atom. The van der Waals surface area contributed by atoms with Crippen LogP contribution in [0.4, 0.5) is 0 Å². The second-order valence-electron chi connectivity index (χ2n) is 5.39. The zero-order valence-electron chi connectivity index (χ0n) is 12.0. The minimum absolute atomic E-state index is 0.126. The van der Waals surface area contributed by atoms with Crippen molar-refractivity contribution in [2.75, 3.05) is 13.6 Å². The normalized spacial score (nSPS) is 17.8. The fourth-order valence-corrected chi connectivity index (χ4v) is 4.03. The highest BCUT2D eigenvalue weighted by molar-refractivity contribution is 7.89. The second-order valence-corrected chi connectivity index (χ2v) is 7.39. The number of aromatic nitrogens is 2. The van der Waals surface area contributed by atoms with Crippen molar-refractivity contribution < 1.29 is 8.42 Å². The summed E-state index contributed by atoms with van der Waals surface area (Å²) in [7, 11) is -1.74. The summed E-state index contributed by atoms with van der Waals surface area (Å²) in [6.45, 7) is 1.23. The highest BCUT2D eigenvalue weighted by atomic mass is 32.2. The van der Waals surface area contributed by atoms with E-state index in [0.717, 1.165) is 32.1 Å². The Bertz CT molecular complexity index is 520. The third kappa shape index (κ3) is 3.39. The summed E-state index contributed by atoms with van der Waals surface area (Å²) < 4.78 is 28.3. The molecule has 1 heterocycles. The van der Waals surface area contributed by atoms with E-state index in [1.165, 1.54) is 16.9 Å². The topological polar surface area (TPSA) is 81.2 Å². The lowest BCUT2D eigenvalue weighted by Crippen LogP contribution is -2.38. The van der Waals surface area contributed by atoms with E-state index in [0.29, 0.717) is 13.1 Å². The molecule has 0 radical (unpaired) electrons. The zero-order chi connectivity index (χ0) is 14.6. The van der Waals surface area contributed by atoms with Crippen molar-refractivity contribution in [3.05, 3.63) is 12.4 Å². The van der Waals surface area contributed by atoms with Crippen molar-refractivity contribution >= 4 is 10.0 Å². The smallest absolute Gasteiger partial charge is 0.246 e. The molecule has 6 nitrogen and oxygen atoms in total. The van der Waals surface area contributed by atoms with E-state index in [1.807, 2.05) is 0 Å². The molecule has 0 aromatic carbocycles. The first-order valence-electron chi connectivity index (χ1n) is 7.26. The van der Waals surface area contributed by atoms with Crippen molar-refractivity contribution in [1.82, 2.24) is 14.1 Å². The van der Waals surface area contributed by atoms with Gasteiger partial charge in [-0.2, -0.15) is 9.40 Å². The second kappa shape index (κ2) is 6.69. The molecule has 0 spiro atoms. The number of sulfonamides is 1. The Labute approximate surface area is 121 Å². The Hall–Kier alpha value is -0.920. The van der Waals surface area contributed by atoms with Gasteiger partial charge in [0, 0.05) is 25.8 Å². The molecule has 1 aromatic heterocycles. The van der Waals surface area contributed by atoms with Crippen LogP contribution < -0.4 is 5.73 Å². The molecule has 1 aliphatic carbocycles. The van der Waals surface area contributed by atoms with Crippen LogP contribution in [0.2, 0.25) is 0 Å². The molecule has 7 heteroatoms. The van der Waals surface area contributed by atoms with Crippen molar-refractivity contribution in [3.8, 4) is 0 Å². The fraction of sp³-hybridized carbons (Fsp3) is 0.769. The molecule has 2 N–H and O–H groups in total. The summed E-state index contributed by atoms with van der Waals surface area (Å²) in [6.07, 6.45) is 9.17. The highest BCUT2D eigenvalue weighted by Crippen LogP contribution is 2.26. The van der Waals surface area contributed by atoms with Gasteiger partial charge in [0.2, 0.25) is 10.0 Å². The van der Waals surface area contributed by atoms with Gasteiger partial charge in [0.05, 0.1) is 6.20 Å². The number of aryl methyl sites for hydroxylation is 1. The number of nitrogens with two attached hydrogens (primary N) is 1. The molecule has 1 aromatic rings. The quantitative estimate of drug-likeness (QED) is 0.855. The molecule has 0 unspecified atom stereocenters. The van der Waals surface area contributed by atoms with Crippen molar-refractivity contribution in [2.45, 2.75) is 56.0 Å². The zero-order valence-corrected chi connectivity index (χ0v) is 12.8. The van der Waals surface area contributed by atoms with Crippen LogP contribution in [0.15, 0.2) is 17.3 Å². The first-order valence-corrected chi connectivity index (χ1v) is 8.70. The molecule has 0 saturated heterocycles. The molecular weight excluding hydrogens is 276 g/mol. The van der Waals surface area contributed by atoms with Gasteiger partial charge >= 0.3 is 0 Å². The van der Waals surface area contributed by atoms with Crippen LogP contribution >= 0.6 is 0 Å². The molecule has 20 heavy (non-hydrogen) atoms. The third-order valence-electron chi connectivity index (χ3n) is 3.97. The molecule has 1 saturated carbocycles. The predicted octanol–water partition coefficient (Wildman–Crippen LogP) is 1.19. The number of hydrogen-bond acceptors (Lipinski definition) is 4. The molecule has 0 atom stereocenters. The molecule has 0 aliphatic heterocycles. The van der Waals surface area contributed by atoms with Crippen molar-refractivity contribution in [3.63, 3.8) is 0 Å². The lowest BCUT2D eigenvalue weighted by atomic mass is 9.96. The summed E-state index contributed by atoms with van der Waals surface area (Å²) in [6, 6.07) is 0.126. The van der Waals surface area contributed by atoms with Gasteiger partial charge < -0.3 is 5.73 Å². The largest absolute Gasteiger partial charge is 0.330 e. The SMILES string of the molecule is CN(C1CCCCC1)S(=O)(=O)c1cnn(CCCN)c1. The van der Waals surface area contributed by atoms with Gasteiger partial charge in [-0.25, -0.2) is 8.42 Å². The van der Waals surface area contributed by atoms with Crippen molar-refractivity contribution in [1.29, 1.82) is 0 Å². The van der Waals surface area contributed by atoms with Crippen LogP contribution in [-0.4, -0.2) is 42.1 Å². The van der Waals surface area contributed by atoms with Crippen molar-refractivity contribution in [2.24, 2.45) is 5.73 Å². The molecule has 1 aliphatic rings. The summed E-state index contributed by atoms with van der Waals surface area (Å²) in [5, 5.41) is 4.10. The van der Waals surface area contributed by atoms with E-state index in [2.05, 4.69) is 5.10 Å². The Morgan fingerprint density at radius 1 is 1.40 bits per heavy atom. The average molecular weight is 300 g/mol. The summed E-state index contributed by atoms with van der Waals surface area (Å²) in [4.78, 5) is 0.280. The monoisotopic (exact) mass is 300 g/mol. The third-order valence-corrected chi connectivity index (χ3v) is 5.83. The van der Waals surface area contributed by atoms with Gasteiger partial charge in [0.1, 0.15) is 4.90 Å². The summed E-state index contributed by atoms with van der Waals surface area (Å²) in [5.74, 6) is 0. The van der Waals surface area contributed by atoms with Crippen LogP contribution in [0.5, 0.6) is 0 Å². The Balaban J connectivity index is 2.10. The van der Waals surface area contributed by atoms with Crippen LogP contribution in [-0.2, 0) is 16.6 Å². The number of hydrogen-bond donors (Lipinski definition) is 1. The van der Waals surface area contributed by atoms with E-state index < -0.39 is 10.0 Å². The Kier molecular flexibility index (Phi) is 5.17. The molecule has 2 rings (SSSR count). The summed E-state index contributed by atoms with van der Waals surface area (Å²) in [5.41, 5.74) is 5.45. The van der Waals surface area contributed by atoms with E-state index in [9.17, 15) is 8.42 Å². The fourth-order valence-electron chi connectivity index (χ4n) is 2.66. The maximum Gasteiger partial charge on any atom is 0.246 e. The van der Waals surface area contributed by atoms with Gasteiger partial charge in [-0.3, -0.25) is 4.68 Å². The average Bonchev–Trinajstić information content (AvgIpc) is 2.94. The molecular formula is C13H24N4O2S. The lowest BCUT2D eigenvalue weighted by molar-refractivity contribution is 0.286. The molecule has 1 fully saturated rings. The maximum absolute atomic E-state index is 12.6. The van der Waals surface area contributed by atoms with E-state index in [4.69, 9.17) is 5.73 Å². The van der Waals surface area contributed by atoms with Gasteiger partial charge in [0.15, 0.2) is 0 Å². The van der Waals surface area contributed by atoms with Crippen LogP contribution in [0.3, 0.4) is 0 Å². The highest BCUT2D eigenvalue weighted by Gasteiger charge is 2.29. The first-order chi connectivity index (χ1) is 9.55. The van der Waals surface area contributed by atoms with Crippen LogP contribution in [0.25, 0.3) is 0 Å². The van der Waals surface area contributed by atoms with Crippen LogP contribution in [0.1, 0.15) is 38.5 Å². The van der Waals surface area contributed by atoms with Crippen LogP contribution in [0, 0.1) is 0 Å². The maximum atomic E-state index is 12.6. The van der Waals surface area contributed by atoms with Gasteiger partial charge in [0.25, 0.3) is 0 Å². The van der Waals surface area contributed by atoms with Gasteiger partial charge in [-0.15, -0.1) is 0 Å².